The van der Waals surface area contributed by atoms with E-state index in [1.807, 2.05) is 42.3 Å². The highest BCUT2D eigenvalue weighted by atomic mass is 32.1. The van der Waals surface area contributed by atoms with Crippen LogP contribution in [0.25, 0.3) is 0 Å². The van der Waals surface area contributed by atoms with Crippen molar-refractivity contribution in [3.8, 4) is 0 Å². The highest BCUT2D eigenvalue weighted by Gasteiger charge is 2.30. The van der Waals surface area contributed by atoms with Gasteiger partial charge in [0.2, 0.25) is 0 Å². The zero-order valence-corrected chi connectivity index (χ0v) is 23.4. The number of anilines is 1. The summed E-state index contributed by atoms with van der Waals surface area (Å²) in [6.07, 6.45) is 4.72. The van der Waals surface area contributed by atoms with Gasteiger partial charge in [0, 0.05) is 49.5 Å². The fraction of sp³-hybridized carbons (Fsp3) is 0.481. The smallest absolute Gasteiger partial charge is 0.341 e. The Labute approximate surface area is 228 Å². The van der Waals surface area contributed by atoms with Crippen LogP contribution in [0.2, 0.25) is 0 Å². The van der Waals surface area contributed by atoms with Gasteiger partial charge in [-0.15, -0.1) is 0 Å². The normalized spacial score (nSPS) is 14.9. The molecule has 2 aromatic rings. The summed E-state index contributed by atoms with van der Waals surface area (Å²) in [5.74, 6) is -0.109. The molecule has 10 nitrogen and oxygen atoms in total. The predicted molar refractivity (Wildman–Crippen MR) is 152 cm³/mol. The molecule has 1 fully saturated rings. The summed E-state index contributed by atoms with van der Waals surface area (Å²) >= 11 is 1.62. The van der Waals surface area contributed by atoms with Crippen LogP contribution >= 0.6 is 11.3 Å². The molecule has 11 heteroatoms. The average molecular weight is 542 g/mol. The van der Waals surface area contributed by atoms with Gasteiger partial charge in [-0.25, -0.2) is 10.3 Å². The van der Waals surface area contributed by atoms with Crippen molar-refractivity contribution in [1.82, 2.24) is 20.6 Å². The van der Waals surface area contributed by atoms with Crippen LogP contribution in [0.5, 0.6) is 0 Å². The fourth-order valence-electron chi connectivity index (χ4n) is 5.03. The van der Waals surface area contributed by atoms with E-state index in [-0.39, 0.29) is 18.0 Å². The van der Waals surface area contributed by atoms with E-state index in [0.717, 1.165) is 61.7 Å². The van der Waals surface area contributed by atoms with Crippen LogP contribution in [0.1, 0.15) is 53.2 Å². The van der Waals surface area contributed by atoms with Crippen LogP contribution in [0, 0.1) is 24.7 Å². The van der Waals surface area contributed by atoms with Crippen molar-refractivity contribution in [2.75, 3.05) is 31.6 Å². The summed E-state index contributed by atoms with van der Waals surface area (Å²) in [4.78, 5) is 36.2. The lowest BCUT2D eigenvalue weighted by molar-refractivity contribution is 0.0565. The second-order valence-electron chi connectivity index (χ2n) is 9.65. The van der Waals surface area contributed by atoms with Crippen LogP contribution < -0.4 is 15.7 Å². The summed E-state index contributed by atoms with van der Waals surface area (Å²) in [5, 5.41) is 22.0. The quantitative estimate of drug-likeness (QED) is 0.183. The molecule has 1 atom stereocenters. The van der Waals surface area contributed by atoms with Gasteiger partial charge in [-0.2, -0.15) is 11.3 Å². The van der Waals surface area contributed by atoms with Gasteiger partial charge >= 0.3 is 6.03 Å². The van der Waals surface area contributed by atoms with Gasteiger partial charge in [-0.05, 0) is 85.7 Å². The molecule has 0 radical (unpaired) electrons. The van der Waals surface area contributed by atoms with E-state index in [1.165, 1.54) is 12.0 Å². The number of nitrogens with one attached hydrogen (secondary N) is 4. The first-order valence-corrected chi connectivity index (χ1v) is 13.8. The number of hydroxylamine groups is 1. The number of amides is 3. The van der Waals surface area contributed by atoms with Crippen LogP contribution in [0.3, 0.4) is 0 Å². The number of nitrogens with zero attached hydrogens (tertiary/aromatic N) is 3. The standard InChI is InChI=1S/C27H39N7O3S/c1-19-13-24(33(17-28)18-29)14-20(2)25(19)26(35)30-9-5-21(3)32-10-6-23(7-11-32)34(27(36)31-37-4)15-22-8-12-38-16-22/h8,12-14,16-18,21,23,28-29H,5-7,9-11,15H2,1-4H3,(H,30,35)(H,31,36)/t21-/m1/s1. The minimum Gasteiger partial charge on any atom is -0.352 e. The zero-order chi connectivity index (χ0) is 27.7. The first kappa shape index (κ1) is 29.3. The van der Waals surface area contributed by atoms with E-state index in [4.69, 9.17) is 15.7 Å². The van der Waals surface area contributed by atoms with E-state index >= 15 is 0 Å². The Morgan fingerprint density at radius 1 is 1.21 bits per heavy atom. The van der Waals surface area contributed by atoms with Gasteiger partial charge in [0.1, 0.15) is 0 Å². The Kier molecular flexibility index (Phi) is 10.8. The second-order valence-corrected chi connectivity index (χ2v) is 10.4. The maximum absolute atomic E-state index is 12.9. The minimum absolute atomic E-state index is 0.109. The molecule has 0 unspecified atom stereocenters. The number of urea groups is 1. The molecule has 1 saturated heterocycles. The molecule has 0 aliphatic carbocycles. The Morgan fingerprint density at radius 3 is 2.42 bits per heavy atom. The first-order valence-electron chi connectivity index (χ1n) is 12.8. The average Bonchev–Trinajstić information content (AvgIpc) is 3.41. The number of thiophene rings is 1. The molecule has 206 valence electrons. The second kappa shape index (κ2) is 14.0. The summed E-state index contributed by atoms with van der Waals surface area (Å²) < 4.78 is 0. The number of rotatable bonds is 12. The van der Waals surface area contributed by atoms with Gasteiger partial charge in [0.15, 0.2) is 0 Å². The number of benzene rings is 1. The molecule has 1 aliphatic rings. The van der Waals surface area contributed by atoms with E-state index in [9.17, 15) is 9.59 Å². The number of carbonyl (C=O) groups is 2. The number of carbonyl (C=O) groups excluding carboxylic acids is 2. The van der Waals surface area contributed by atoms with Crippen molar-refractivity contribution in [3.05, 3.63) is 51.2 Å². The van der Waals surface area contributed by atoms with Crippen molar-refractivity contribution in [1.29, 1.82) is 10.8 Å². The van der Waals surface area contributed by atoms with E-state index in [0.29, 0.717) is 30.4 Å². The number of hydrogen-bond donors (Lipinski definition) is 4. The predicted octanol–water partition coefficient (Wildman–Crippen LogP) is 4.13. The molecule has 3 rings (SSSR count). The highest BCUT2D eigenvalue weighted by Crippen LogP contribution is 2.24. The number of hydrogen-bond acceptors (Lipinski definition) is 7. The van der Waals surface area contributed by atoms with E-state index < -0.39 is 0 Å². The van der Waals surface area contributed by atoms with Crippen molar-refractivity contribution >= 4 is 41.6 Å². The van der Waals surface area contributed by atoms with Gasteiger partial charge < -0.3 is 15.1 Å². The number of piperidine rings is 1. The van der Waals surface area contributed by atoms with Gasteiger partial charge in [0.25, 0.3) is 5.91 Å². The summed E-state index contributed by atoms with van der Waals surface area (Å²) in [5.41, 5.74) is 6.54. The molecule has 0 bridgehead atoms. The van der Waals surface area contributed by atoms with Gasteiger partial charge in [-0.3, -0.25) is 25.4 Å². The monoisotopic (exact) mass is 541 g/mol. The number of likely N-dealkylation sites (tertiary alicyclic amines) is 1. The van der Waals surface area contributed by atoms with Gasteiger partial charge in [0.05, 0.1) is 19.8 Å². The molecule has 1 aliphatic heterocycles. The lowest BCUT2D eigenvalue weighted by atomic mass is 10.00. The third-order valence-corrected chi connectivity index (χ3v) is 7.85. The highest BCUT2D eigenvalue weighted by molar-refractivity contribution is 7.07. The molecule has 0 spiro atoms. The topological polar surface area (TPSA) is 125 Å². The first-order chi connectivity index (χ1) is 18.3. The maximum Gasteiger partial charge on any atom is 0.341 e. The maximum atomic E-state index is 12.9. The Hall–Kier alpha value is -3.28. The van der Waals surface area contributed by atoms with E-state index in [1.54, 1.807) is 11.3 Å². The minimum atomic E-state index is -0.213. The molecule has 1 aromatic heterocycles. The molecule has 3 amide bonds. The van der Waals surface area contributed by atoms with Crippen molar-refractivity contribution in [3.63, 3.8) is 0 Å². The summed E-state index contributed by atoms with van der Waals surface area (Å²) in [7, 11) is 1.45. The van der Waals surface area contributed by atoms with Crippen LogP contribution in [0.15, 0.2) is 29.0 Å². The Balaban J connectivity index is 1.50. The zero-order valence-electron chi connectivity index (χ0n) is 22.6. The molecular formula is C27H39N7O3S. The third-order valence-electron chi connectivity index (χ3n) is 7.11. The van der Waals surface area contributed by atoms with Crippen molar-refractivity contribution in [2.24, 2.45) is 0 Å². The third kappa shape index (κ3) is 7.40. The molecule has 1 aromatic carbocycles. The lowest BCUT2D eigenvalue weighted by Crippen LogP contribution is -2.51. The molecular weight excluding hydrogens is 502 g/mol. The van der Waals surface area contributed by atoms with Crippen molar-refractivity contribution in [2.45, 2.75) is 58.7 Å². The van der Waals surface area contributed by atoms with Crippen LogP contribution in [-0.2, 0) is 11.4 Å². The lowest BCUT2D eigenvalue weighted by Gasteiger charge is -2.40. The number of aryl methyl sites for hydroxylation is 2. The van der Waals surface area contributed by atoms with Crippen LogP contribution in [0.4, 0.5) is 10.5 Å². The largest absolute Gasteiger partial charge is 0.352 e. The van der Waals surface area contributed by atoms with Crippen molar-refractivity contribution < 1.29 is 14.4 Å². The molecule has 0 saturated carbocycles. The Morgan fingerprint density at radius 2 is 1.87 bits per heavy atom. The Bertz CT molecular complexity index is 1070. The van der Waals surface area contributed by atoms with E-state index in [2.05, 4.69) is 28.0 Å². The summed E-state index contributed by atoms with van der Waals surface area (Å²) in [6, 6.07) is 5.90. The van der Waals surface area contributed by atoms with Crippen LogP contribution in [-0.4, -0.2) is 73.2 Å². The fourth-order valence-corrected chi connectivity index (χ4v) is 5.69. The molecule has 4 N–H and O–H groups in total. The summed E-state index contributed by atoms with van der Waals surface area (Å²) in [6.45, 7) is 8.83. The van der Waals surface area contributed by atoms with Gasteiger partial charge in [-0.1, -0.05) is 0 Å². The SMILES string of the molecule is CONC(=O)N(Cc1ccsc1)C1CCN([C@H](C)CCNC(=O)c2c(C)cc(N(C=N)C=N)cc2C)CC1. The molecule has 2 heterocycles. The molecule has 38 heavy (non-hydrogen) atoms.